The molecule has 0 aromatic heterocycles. The van der Waals surface area contributed by atoms with E-state index in [1.807, 2.05) is 29.2 Å². The molecule has 1 atom stereocenters. The number of amides is 2. The van der Waals surface area contributed by atoms with Crippen LogP contribution in [-0.4, -0.2) is 30.1 Å². The van der Waals surface area contributed by atoms with Gasteiger partial charge in [-0.3, -0.25) is 0 Å². The Balaban J connectivity index is 1.81. The number of benzene rings is 1. The molecule has 110 valence electrons. The van der Waals surface area contributed by atoms with Crippen LogP contribution < -0.4 is 5.32 Å². The number of nitrogens with one attached hydrogen (secondary N) is 1. The highest BCUT2D eigenvalue weighted by atomic mass is 35.5. The summed E-state index contributed by atoms with van der Waals surface area (Å²) in [5, 5.41) is 3.79. The van der Waals surface area contributed by atoms with Crippen LogP contribution in [0.2, 0.25) is 5.02 Å². The molecule has 1 aliphatic rings. The van der Waals surface area contributed by atoms with E-state index in [2.05, 4.69) is 12.2 Å². The van der Waals surface area contributed by atoms with Gasteiger partial charge in [-0.1, -0.05) is 36.7 Å². The van der Waals surface area contributed by atoms with E-state index in [1.54, 1.807) is 0 Å². The van der Waals surface area contributed by atoms with Gasteiger partial charge in [0.25, 0.3) is 0 Å². The van der Waals surface area contributed by atoms with Crippen molar-refractivity contribution in [1.82, 2.24) is 10.2 Å². The quantitative estimate of drug-likeness (QED) is 0.898. The summed E-state index contributed by atoms with van der Waals surface area (Å²) in [6, 6.07) is 8.26. The molecule has 0 saturated carbocycles. The number of carbonyl (C=O) groups is 1. The maximum absolute atomic E-state index is 12.2. The van der Waals surface area contributed by atoms with Crippen LogP contribution in [-0.2, 0) is 6.42 Å². The van der Waals surface area contributed by atoms with Gasteiger partial charge in [0.2, 0.25) is 0 Å². The van der Waals surface area contributed by atoms with Gasteiger partial charge in [-0.15, -0.1) is 0 Å². The molecule has 4 heteroatoms. The fraction of sp³-hybridized carbons (Fsp3) is 0.562. The second-order valence-electron chi connectivity index (χ2n) is 5.32. The van der Waals surface area contributed by atoms with Gasteiger partial charge in [0, 0.05) is 24.2 Å². The number of likely N-dealkylation sites (tertiary alicyclic amines) is 1. The summed E-state index contributed by atoms with van der Waals surface area (Å²) in [7, 11) is 0. The number of hydrogen-bond donors (Lipinski definition) is 1. The Morgan fingerprint density at radius 1 is 1.40 bits per heavy atom. The Morgan fingerprint density at radius 3 is 2.95 bits per heavy atom. The summed E-state index contributed by atoms with van der Waals surface area (Å²) in [6.45, 7) is 3.67. The fourth-order valence-corrected chi connectivity index (χ4v) is 3.03. The number of urea groups is 1. The summed E-state index contributed by atoms with van der Waals surface area (Å²) in [4.78, 5) is 14.2. The highest BCUT2D eigenvalue weighted by molar-refractivity contribution is 6.31. The van der Waals surface area contributed by atoms with Crippen LogP contribution in [0.15, 0.2) is 24.3 Å². The van der Waals surface area contributed by atoms with Gasteiger partial charge in [0.05, 0.1) is 0 Å². The van der Waals surface area contributed by atoms with E-state index in [-0.39, 0.29) is 6.03 Å². The van der Waals surface area contributed by atoms with Gasteiger partial charge in [0.15, 0.2) is 0 Å². The van der Waals surface area contributed by atoms with Crippen LogP contribution in [0.4, 0.5) is 4.79 Å². The highest BCUT2D eigenvalue weighted by Crippen LogP contribution is 2.19. The lowest BCUT2D eigenvalue weighted by atomic mass is 10.0. The average molecular weight is 295 g/mol. The Kier molecular flexibility index (Phi) is 5.72. The molecule has 1 fully saturated rings. The molecule has 3 nitrogen and oxygen atoms in total. The Bertz CT molecular complexity index is 450. The van der Waals surface area contributed by atoms with Gasteiger partial charge in [-0.25, -0.2) is 4.79 Å². The van der Waals surface area contributed by atoms with Crippen molar-refractivity contribution in [2.75, 3.05) is 13.1 Å². The van der Waals surface area contributed by atoms with Crippen molar-refractivity contribution in [1.29, 1.82) is 0 Å². The predicted molar refractivity (Wildman–Crippen MR) is 83.2 cm³/mol. The highest BCUT2D eigenvalue weighted by Gasteiger charge is 2.24. The monoisotopic (exact) mass is 294 g/mol. The topological polar surface area (TPSA) is 32.3 Å². The van der Waals surface area contributed by atoms with E-state index >= 15 is 0 Å². The Morgan fingerprint density at radius 2 is 2.20 bits per heavy atom. The van der Waals surface area contributed by atoms with Gasteiger partial charge in [-0.05, 0) is 43.7 Å². The molecule has 20 heavy (non-hydrogen) atoms. The molecule has 1 N–H and O–H groups in total. The molecule has 0 bridgehead atoms. The van der Waals surface area contributed by atoms with Crippen molar-refractivity contribution < 1.29 is 4.79 Å². The normalized spacial score (nSPS) is 18.9. The third kappa shape index (κ3) is 3.89. The standard InChI is InChI=1S/C16H23ClN2O/c1-2-14-8-5-6-12-19(14)16(20)18-11-10-13-7-3-4-9-15(13)17/h3-4,7,9,14H,2,5-6,8,10-12H2,1H3,(H,18,20). The van der Waals surface area contributed by atoms with Crippen molar-refractivity contribution in [3.05, 3.63) is 34.9 Å². The zero-order valence-electron chi connectivity index (χ0n) is 12.1. The Labute approximate surface area is 126 Å². The number of halogens is 1. The maximum atomic E-state index is 12.2. The van der Waals surface area contributed by atoms with Crippen LogP contribution in [0.1, 0.15) is 38.2 Å². The summed E-state index contributed by atoms with van der Waals surface area (Å²) < 4.78 is 0. The zero-order valence-corrected chi connectivity index (χ0v) is 12.8. The third-order valence-corrected chi connectivity index (χ3v) is 4.36. The molecule has 1 aliphatic heterocycles. The molecular weight excluding hydrogens is 272 g/mol. The van der Waals surface area contributed by atoms with Crippen LogP contribution in [0.3, 0.4) is 0 Å². The van der Waals surface area contributed by atoms with E-state index in [9.17, 15) is 4.79 Å². The molecule has 1 heterocycles. The second-order valence-corrected chi connectivity index (χ2v) is 5.73. The largest absolute Gasteiger partial charge is 0.338 e. The van der Waals surface area contributed by atoms with E-state index in [1.165, 1.54) is 6.42 Å². The summed E-state index contributed by atoms with van der Waals surface area (Å²) >= 11 is 6.11. The molecule has 0 aliphatic carbocycles. The number of carbonyl (C=O) groups excluding carboxylic acids is 1. The lowest BCUT2D eigenvalue weighted by molar-refractivity contribution is 0.149. The molecule has 1 aromatic rings. The van der Waals surface area contributed by atoms with Crippen LogP contribution >= 0.6 is 11.6 Å². The Hall–Kier alpha value is -1.22. The fourth-order valence-electron chi connectivity index (χ4n) is 2.80. The first-order chi connectivity index (χ1) is 9.72. The first kappa shape index (κ1) is 15.2. The lowest BCUT2D eigenvalue weighted by Gasteiger charge is -2.35. The van der Waals surface area contributed by atoms with Gasteiger partial charge in [0.1, 0.15) is 0 Å². The molecule has 2 amide bonds. The van der Waals surface area contributed by atoms with Crippen LogP contribution in [0, 0.1) is 0 Å². The minimum atomic E-state index is 0.0728. The molecular formula is C16H23ClN2O. The minimum Gasteiger partial charge on any atom is -0.338 e. The van der Waals surface area contributed by atoms with Gasteiger partial charge < -0.3 is 10.2 Å². The molecule has 0 spiro atoms. The van der Waals surface area contributed by atoms with Crippen molar-refractivity contribution >= 4 is 17.6 Å². The average Bonchev–Trinajstić information content (AvgIpc) is 2.49. The first-order valence-corrected chi connectivity index (χ1v) is 7.88. The first-order valence-electron chi connectivity index (χ1n) is 7.50. The van der Waals surface area contributed by atoms with Crippen molar-refractivity contribution in [3.8, 4) is 0 Å². The summed E-state index contributed by atoms with van der Waals surface area (Å²) in [5.74, 6) is 0. The lowest BCUT2D eigenvalue weighted by Crippen LogP contribution is -2.48. The third-order valence-electron chi connectivity index (χ3n) is 3.99. The summed E-state index contributed by atoms with van der Waals surface area (Å²) in [5.41, 5.74) is 1.08. The van der Waals surface area contributed by atoms with Crippen molar-refractivity contribution in [2.24, 2.45) is 0 Å². The molecule has 2 rings (SSSR count). The van der Waals surface area contributed by atoms with Gasteiger partial charge >= 0.3 is 6.03 Å². The van der Waals surface area contributed by atoms with Gasteiger partial charge in [-0.2, -0.15) is 0 Å². The molecule has 1 saturated heterocycles. The van der Waals surface area contributed by atoms with Crippen LogP contribution in [0.5, 0.6) is 0 Å². The number of nitrogens with zero attached hydrogens (tertiary/aromatic N) is 1. The van der Waals surface area contributed by atoms with Crippen LogP contribution in [0.25, 0.3) is 0 Å². The van der Waals surface area contributed by atoms with E-state index in [4.69, 9.17) is 11.6 Å². The van der Waals surface area contributed by atoms with Crippen molar-refractivity contribution in [3.63, 3.8) is 0 Å². The molecule has 0 radical (unpaired) electrons. The predicted octanol–water partition coefficient (Wildman–Crippen LogP) is 3.86. The van der Waals surface area contributed by atoms with Crippen molar-refractivity contribution in [2.45, 2.75) is 45.1 Å². The number of piperidine rings is 1. The molecule has 1 unspecified atom stereocenters. The minimum absolute atomic E-state index is 0.0728. The van der Waals surface area contributed by atoms with E-state index in [0.717, 1.165) is 42.8 Å². The SMILES string of the molecule is CCC1CCCCN1C(=O)NCCc1ccccc1Cl. The number of hydrogen-bond acceptors (Lipinski definition) is 1. The van der Waals surface area contributed by atoms with E-state index < -0.39 is 0 Å². The number of rotatable bonds is 4. The second kappa shape index (κ2) is 7.53. The summed E-state index contributed by atoms with van der Waals surface area (Å²) in [6.07, 6.45) is 5.30. The zero-order chi connectivity index (χ0) is 14.4. The molecule has 1 aromatic carbocycles. The van der Waals surface area contributed by atoms with E-state index in [0.29, 0.717) is 12.6 Å². The smallest absolute Gasteiger partial charge is 0.317 e. The maximum Gasteiger partial charge on any atom is 0.317 e.